The largest absolute Gasteiger partial charge is 0.316 e. The van der Waals surface area contributed by atoms with Crippen LogP contribution in [-0.4, -0.2) is 13.1 Å². The predicted octanol–water partition coefficient (Wildman–Crippen LogP) is 4.86. The average molecular weight is 265 g/mol. The minimum absolute atomic E-state index is 0.573. The lowest BCUT2D eigenvalue weighted by atomic mass is 9.71. The van der Waals surface area contributed by atoms with Gasteiger partial charge in [-0.1, -0.05) is 34.1 Å². The minimum Gasteiger partial charge on any atom is -0.316 e. The molecule has 2 aliphatic carbocycles. The zero-order chi connectivity index (χ0) is 13.9. The van der Waals surface area contributed by atoms with Gasteiger partial charge < -0.3 is 5.32 Å². The summed E-state index contributed by atoms with van der Waals surface area (Å²) in [5.74, 6) is 4.02. The Hall–Kier alpha value is -0.0400. The van der Waals surface area contributed by atoms with E-state index < -0.39 is 0 Å². The van der Waals surface area contributed by atoms with Crippen LogP contribution in [0.1, 0.15) is 72.6 Å². The molecule has 112 valence electrons. The van der Waals surface area contributed by atoms with Crippen LogP contribution in [0.25, 0.3) is 0 Å². The van der Waals surface area contributed by atoms with Crippen LogP contribution in [0.5, 0.6) is 0 Å². The van der Waals surface area contributed by atoms with Crippen LogP contribution in [0.2, 0.25) is 0 Å². The van der Waals surface area contributed by atoms with Crippen LogP contribution < -0.4 is 5.32 Å². The van der Waals surface area contributed by atoms with Gasteiger partial charge in [0.2, 0.25) is 0 Å². The van der Waals surface area contributed by atoms with Crippen LogP contribution in [0.3, 0.4) is 0 Å². The van der Waals surface area contributed by atoms with Crippen molar-refractivity contribution in [2.45, 2.75) is 72.6 Å². The molecule has 0 aromatic rings. The SMILES string of the molecule is CCC(CC)(CNCC(C)C)CC1CC2CCC1C2. The van der Waals surface area contributed by atoms with E-state index in [4.69, 9.17) is 0 Å². The first-order valence-corrected chi connectivity index (χ1v) is 8.79. The van der Waals surface area contributed by atoms with Crippen molar-refractivity contribution < 1.29 is 0 Å². The summed E-state index contributed by atoms with van der Waals surface area (Å²) in [7, 11) is 0. The van der Waals surface area contributed by atoms with Gasteiger partial charge in [0.05, 0.1) is 0 Å². The summed E-state index contributed by atoms with van der Waals surface area (Å²) >= 11 is 0. The van der Waals surface area contributed by atoms with Crippen molar-refractivity contribution in [1.82, 2.24) is 5.32 Å². The van der Waals surface area contributed by atoms with Crippen molar-refractivity contribution in [2.24, 2.45) is 29.1 Å². The van der Waals surface area contributed by atoms with E-state index in [1.165, 1.54) is 45.2 Å². The van der Waals surface area contributed by atoms with Crippen LogP contribution >= 0.6 is 0 Å². The number of hydrogen-bond donors (Lipinski definition) is 1. The van der Waals surface area contributed by atoms with Gasteiger partial charge in [0.25, 0.3) is 0 Å². The molecule has 0 aromatic carbocycles. The molecule has 1 heteroatoms. The van der Waals surface area contributed by atoms with E-state index in [-0.39, 0.29) is 0 Å². The van der Waals surface area contributed by atoms with Crippen molar-refractivity contribution in [3.63, 3.8) is 0 Å². The Balaban J connectivity index is 1.87. The molecule has 2 bridgehead atoms. The van der Waals surface area contributed by atoms with E-state index in [1.807, 2.05) is 0 Å². The molecule has 19 heavy (non-hydrogen) atoms. The molecule has 2 aliphatic rings. The average Bonchev–Trinajstić information content (AvgIpc) is 2.99. The molecular formula is C18H35N. The molecule has 1 N–H and O–H groups in total. The Labute approximate surface area is 120 Å². The molecule has 1 nitrogen and oxygen atoms in total. The van der Waals surface area contributed by atoms with E-state index in [0.717, 1.165) is 23.7 Å². The maximum absolute atomic E-state index is 3.75. The molecule has 2 saturated carbocycles. The fraction of sp³-hybridized carbons (Fsp3) is 1.00. The fourth-order valence-corrected chi connectivity index (χ4v) is 4.67. The van der Waals surface area contributed by atoms with E-state index in [1.54, 1.807) is 12.8 Å². The van der Waals surface area contributed by atoms with Gasteiger partial charge >= 0.3 is 0 Å². The molecule has 0 aromatic heterocycles. The summed E-state index contributed by atoms with van der Waals surface area (Å²) in [4.78, 5) is 0. The van der Waals surface area contributed by atoms with Crippen LogP contribution in [-0.2, 0) is 0 Å². The molecule has 2 fully saturated rings. The van der Waals surface area contributed by atoms with E-state index in [9.17, 15) is 0 Å². The summed E-state index contributed by atoms with van der Waals surface area (Å²) in [6.07, 6.45) is 10.4. The molecule has 0 heterocycles. The van der Waals surface area contributed by atoms with E-state index in [2.05, 4.69) is 33.0 Å². The van der Waals surface area contributed by atoms with Gasteiger partial charge in [0.15, 0.2) is 0 Å². The predicted molar refractivity (Wildman–Crippen MR) is 84.3 cm³/mol. The van der Waals surface area contributed by atoms with Crippen LogP contribution in [0.15, 0.2) is 0 Å². The first-order chi connectivity index (χ1) is 9.08. The molecule has 0 saturated heterocycles. The lowest BCUT2D eigenvalue weighted by Crippen LogP contribution is -2.37. The third-order valence-electron chi connectivity index (χ3n) is 6.13. The Morgan fingerprint density at radius 1 is 1.11 bits per heavy atom. The van der Waals surface area contributed by atoms with Gasteiger partial charge in [0, 0.05) is 6.54 Å². The van der Waals surface area contributed by atoms with Gasteiger partial charge in [-0.05, 0) is 74.2 Å². The Kier molecular flexibility index (Phi) is 5.34. The summed E-state index contributed by atoms with van der Waals surface area (Å²) in [6.45, 7) is 11.9. The molecule has 0 aliphatic heterocycles. The molecule has 3 atom stereocenters. The second-order valence-electron chi connectivity index (χ2n) is 7.87. The van der Waals surface area contributed by atoms with E-state index in [0.29, 0.717) is 5.41 Å². The Morgan fingerprint density at radius 2 is 1.84 bits per heavy atom. The van der Waals surface area contributed by atoms with Crippen LogP contribution in [0.4, 0.5) is 0 Å². The lowest BCUT2D eigenvalue weighted by Gasteiger charge is -2.37. The van der Waals surface area contributed by atoms with Gasteiger partial charge in [-0.15, -0.1) is 0 Å². The zero-order valence-electron chi connectivity index (χ0n) is 13.7. The first-order valence-electron chi connectivity index (χ1n) is 8.79. The second-order valence-corrected chi connectivity index (χ2v) is 7.87. The van der Waals surface area contributed by atoms with Crippen molar-refractivity contribution >= 4 is 0 Å². The summed E-state index contributed by atoms with van der Waals surface area (Å²) in [5, 5.41) is 3.75. The summed E-state index contributed by atoms with van der Waals surface area (Å²) < 4.78 is 0. The fourth-order valence-electron chi connectivity index (χ4n) is 4.67. The van der Waals surface area contributed by atoms with Crippen molar-refractivity contribution in [1.29, 1.82) is 0 Å². The number of fused-ring (bicyclic) bond motifs is 2. The zero-order valence-corrected chi connectivity index (χ0v) is 13.7. The van der Waals surface area contributed by atoms with Gasteiger partial charge in [-0.2, -0.15) is 0 Å². The third-order valence-corrected chi connectivity index (χ3v) is 6.13. The summed E-state index contributed by atoms with van der Waals surface area (Å²) in [5.41, 5.74) is 0.573. The van der Waals surface area contributed by atoms with Gasteiger partial charge in [-0.25, -0.2) is 0 Å². The lowest BCUT2D eigenvalue weighted by molar-refractivity contribution is 0.153. The topological polar surface area (TPSA) is 12.0 Å². The maximum Gasteiger partial charge on any atom is 0.000782 e. The standard InChI is InChI=1S/C18H35N/c1-5-18(6-2,13-19-12-14(3)4)11-17-10-15-7-8-16(17)9-15/h14-17,19H,5-13H2,1-4H3. The molecule has 2 rings (SSSR count). The maximum atomic E-state index is 3.75. The van der Waals surface area contributed by atoms with Crippen LogP contribution in [0, 0.1) is 29.1 Å². The monoisotopic (exact) mass is 265 g/mol. The third kappa shape index (κ3) is 3.74. The highest BCUT2D eigenvalue weighted by atomic mass is 14.9. The number of nitrogens with one attached hydrogen (secondary N) is 1. The molecule has 0 amide bonds. The second kappa shape index (κ2) is 6.61. The summed E-state index contributed by atoms with van der Waals surface area (Å²) in [6, 6.07) is 0. The van der Waals surface area contributed by atoms with E-state index >= 15 is 0 Å². The molecule has 0 spiro atoms. The molecule has 3 unspecified atom stereocenters. The van der Waals surface area contributed by atoms with Crippen molar-refractivity contribution in [2.75, 3.05) is 13.1 Å². The number of hydrogen-bond acceptors (Lipinski definition) is 1. The Bertz CT molecular complexity index is 267. The first kappa shape index (κ1) is 15.4. The minimum atomic E-state index is 0.573. The number of rotatable bonds is 8. The van der Waals surface area contributed by atoms with Crippen molar-refractivity contribution in [3.8, 4) is 0 Å². The highest BCUT2D eigenvalue weighted by Crippen LogP contribution is 2.52. The Morgan fingerprint density at radius 3 is 2.32 bits per heavy atom. The highest BCUT2D eigenvalue weighted by Gasteiger charge is 2.42. The van der Waals surface area contributed by atoms with Crippen molar-refractivity contribution in [3.05, 3.63) is 0 Å². The van der Waals surface area contributed by atoms with Gasteiger partial charge in [0.1, 0.15) is 0 Å². The van der Waals surface area contributed by atoms with Gasteiger partial charge in [-0.3, -0.25) is 0 Å². The quantitative estimate of drug-likeness (QED) is 0.660. The smallest absolute Gasteiger partial charge is 0.000782 e. The molecular weight excluding hydrogens is 230 g/mol. The highest BCUT2D eigenvalue weighted by molar-refractivity contribution is 4.94. The molecule has 0 radical (unpaired) electrons. The normalized spacial score (nSPS) is 30.5.